The number of benzene rings is 1. The van der Waals surface area contributed by atoms with Gasteiger partial charge in [-0.3, -0.25) is 5.41 Å². The maximum absolute atomic E-state index is 13.1. The van der Waals surface area contributed by atoms with E-state index < -0.39 is 0 Å². The highest BCUT2D eigenvalue weighted by molar-refractivity contribution is 5.92. The van der Waals surface area contributed by atoms with Crippen LogP contribution in [0.25, 0.3) is 0 Å². The van der Waals surface area contributed by atoms with Gasteiger partial charge in [0.25, 0.3) is 0 Å². The van der Waals surface area contributed by atoms with Crippen molar-refractivity contribution in [3.8, 4) is 11.6 Å². The first-order valence-corrected chi connectivity index (χ1v) is 5.16. The first-order valence-electron chi connectivity index (χ1n) is 5.16. The lowest BCUT2D eigenvalue weighted by Crippen LogP contribution is -2.13. The Balaban J connectivity index is 2.23. The van der Waals surface area contributed by atoms with Crippen molar-refractivity contribution in [1.29, 1.82) is 5.41 Å². The first kappa shape index (κ1) is 12.0. The molecule has 2 aromatic rings. The summed E-state index contributed by atoms with van der Waals surface area (Å²) in [6, 6.07) is 4.24. The second-order valence-electron chi connectivity index (χ2n) is 3.67. The second kappa shape index (κ2) is 4.79. The van der Waals surface area contributed by atoms with Gasteiger partial charge in [-0.1, -0.05) is 6.07 Å². The van der Waals surface area contributed by atoms with E-state index in [1.54, 1.807) is 13.0 Å². The van der Waals surface area contributed by atoms with Crippen molar-refractivity contribution in [1.82, 2.24) is 9.97 Å². The minimum Gasteiger partial charge on any atom is -0.437 e. The average Bonchev–Trinajstić information content (AvgIpc) is 2.34. The van der Waals surface area contributed by atoms with Crippen LogP contribution in [0.1, 0.15) is 11.3 Å². The van der Waals surface area contributed by atoms with E-state index in [1.807, 2.05) is 0 Å². The number of hydrogen-bond donors (Lipinski definition) is 2. The molecule has 0 amide bonds. The van der Waals surface area contributed by atoms with E-state index in [-0.39, 0.29) is 23.2 Å². The fraction of sp³-hybridized carbons (Fsp3) is 0.0833. The molecule has 1 aromatic carbocycles. The number of nitrogens with one attached hydrogen (secondary N) is 1. The summed E-state index contributed by atoms with van der Waals surface area (Å²) in [7, 11) is 0. The Kier molecular flexibility index (Phi) is 3.18. The van der Waals surface area contributed by atoms with E-state index in [4.69, 9.17) is 15.9 Å². The van der Waals surface area contributed by atoms with Crippen LogP contribution in [0.3, 0.4) is 0 Å². The molecule has 18 heavy (non-hydrogen) atoms. The van der Waals surface area contributed by atoms with Crippen LogP contribution in [-0.2, 0) is 0 Å². The third kappa shape index (κ3) is 2.60. The normalized spacial score (nSPS) is 10.1. The second-order valence-corrected chi connectivity index (χ2v) is 3.67. The number of ether oxygens (including phenoxy) is 1. The highest BCUT2D eigenvalue weighted by Gasteiger charge is 2.05. The van der Waals surface area contributed by atoms with Gasteiger partial charge in [0.15, 0.2) is 0 Å². The molecule has 0 bridgehead atoms. The molecule has 3 N–H and O–H groups in total. The number of nitrogen functional groups attached to an aromatic ring is 1. The monoisotopic (exact) mass is 246 g/mol. The Morgan fingerprint density at radius 2 is 2.11 bits per heavy atom. The highest BCUT2D eigenvalue weighted by atomic mass is 19.1. The predicted octanol–water partition coefficient (Wildman–Crippen LogP) is 2.00. The van der Waals surface area contributed by atoms with Crippen LogP contribution in [0.2, 0.25) is 0 Å². The van der Waals surface area contributed by atoms with Crippen LogP contribution in [0, 0.1) is 18.2 Å². The fourth-order valence-electron chi connectivity index (χ4n) is 1.30. The Morgan fingerprint density at radius 1 is 1.33 bits per heavy atom. The lowest BCUT2D eigenvalue weighted by atomic mass is 10.2. The number of halogens is 1. The van der Waals surface area contributed by atoms with Crippen LogP contribution < -0.4 is 10.5 Å². The quantitative estimate of drug-likeness (QED) is 0.640. The van der Waals surface area contributed by atoms with Crippen molar-refractivity contribution < 1.29 is 9.13 Å². The number of amidine groups is 1. The maximum atomic E-state index is 13.1. The van der Waals surface area contributed by atoms with E-state index in [1.165, 1.54) is 24.5 Å². The summed E-state index contributed by atoms with van der Waals surface area (Å²) in [6.45, 7) is 1.80. The molecule has 1 aromatic heterocycles. The molecule has 0 spiro atoms. The van der Waals surface area contributed by atoms with Crippen molar-refractivity contribution in [2.75, 3.05) is 0 Å². The molecule has 0 saturated carbocycles. The Morgan fingerprint density at radius 3 is 2.72 bits per heavy atom. The zero-order valence-corrected chi connectivity index (χ0v) is 9.64. The summed E-state index contributed by atoms with van der Waals surface area (Å²) in [5.41, 5.74) is 6.30. The predicted molar refractivity (Wildman–Crippen MR) is 64.3 cm³/mol. The lowest BCUT2D eigenvalue weighted by Gasteiger charge is -2.07. The largest absolute Gasteiger partial charge is 0.437 e. The van der Waals surface area contributed by atoms with Gasteiger partial charge in [-0.2, -0.15) is 0 Å². The van der Waals surface area contributed by atoms with Crippen molar-refractivity contribution >= 4 is 5.84 Å². The Bertz CT molecular complexity index is 583. The number of aromatic nitrogens is 2. The summed E-state index contributed by atoms with van der Waals surface area (Å²) < 4.78 is 18.5. The van der Waals surface area contributed by atoms with Crippen LogP contribution in [0.5, 0.6) is 11.6 Å². The Hall–Kier alpha value is -2.50. The molecule has 0 fully saturated rings. The summed E-state index contributed by atoms with van der Waals surface area (Å²) >= 11 is 0. The number of hydrogen-bond acceptors (Lipinski definition) is 4. The summed E-state index contributed by atoms with van der Waals surface area (Å²) in [4.78, 5) is 7.83. The molecule has 0 aliphatic rings. The zero-order valence-electron chi connectivity index (χ0n) is 9.64. The van der Waals surface area contributed by atoms with E-state index in [0.717, 1.165) is 5.56 Å². The van der Waals surface area contributed by atoms with Gasteiger partial charge in [0, 0.05) is 6.07 Å². The first-order chi connectivity index (χ1) is 8.56. The molecule has 0 unspecified atom stereocenters. The highest BCUT2D eigenvalue weighted by Crippen LogP contribution is 2.23. The average molecular weight is 246 g/mol. The van der Waals surface area contributed by atoms with Gasteiger partial charge in [0.2, 0.25) is 5.88 Å². The van der Waals surface area contributed by atoms with Crippen LogP contribution in [0.15, 0.2) is 30.6 Å². The fourth-order valence-corrected chi connectivity index (χ4v) is 1.30. The topological polar surface area (TPSA) is 84.9 Å². The van der Waals surface area contributed by atoms with Crippen molar-refractivity contribution in [2.24, 2.45) is 5.73 Å². The van der Waals surface area contributed by atoms with Gasteiger partial charge in [-0.15, -0.1) is 0 Å². The number of aryl methyl sites for hydroxylation is 1. The number of nitrogens with zero attached hydrogens (tertiary/aromatic N) is 2. The molecule has 5 nitrogen and oxygen atoms in total. The van der Waals surface area contributed by atoms with Gasteiger partial charge < -0.3 is 10.5 Å². The van der Waals surface area contributed by atoms with E-state index in [2.05, 4.69) is 9.97 Å². The third-order valence-electron chi connectivity index (χ3n) is 2.27. The van der Waals surface area contributed by atoms with Gasteiger partial charge >= 0.3 is 0 Å². The summed E-state index contributed by atoms with van der Waals surface area (Å²) in [5.74, 6) is 0.0356. The standard InChI is InChI=1S/C12H11FN4O/c1-7-2-3-8(13)4-10(7)18-11-6-16-9(5-17-11)12(14)15/h2-6H,1H3,(H3,14,15). The third-order valence-corrected chi connectivity index (χ3v) is 2.27. The van der Waals surface area contributed by atoms with Crippen LogP contribution in [0.4, 0.5) is 4.39 Å². The van der Waals surface area contributed by atoms with Gasteiger partial charge in [-0.05, 0) is 18.6 Å². The minimum atomic E-state index is -0.385. The summed E-state index contributed by atoms with van der Waals surface area (Å²) in [6.07, 6.45) is 2.66. The van der Waals surface area contributed by atoms with Crippen LogP contribution in [-0.4, -0.2) is 15.8 Å². The summed E-state index contributed by atoms with van der Waals surface area (Å²) in [5, 5.41) is 7.17. The molecule has 1 heterocycles. The zero-order chi connectivity index (χ0) is 13.1. The molecule has 92 valence electrons. The van der Waals surface area contributed by atoms with Gasteiger partial charge in [0.1, 0.15) is 23.1 Å². The smallest absolute Gasteiger partial charge is 0.237 e. The SMILES string of the molecule is Cc1ccc(F)cc1Oc1cnc(C(=N)N)cn1. The molecule has 0 saturated heterocycles. The molecule has 0 atom stereocenters. The van der Waals surface area contributed by atoms with E-state index in [0.29, 0.717) is 5.75 Å². The van der Waals surface area contributed by atoms with Crippen molar-refractivity contribution in [2.45, 2.75) is 6.92 Å². The molecular weight excluding hydrogens is 235 g/mol. The maximum Gasteiger partial charge on any atom is 0.237 e. The van der Waals surface area contributed by atoms with Crippen molar-refractivity contribution in [3.63, 3.8) is 0 Å². The Labute approximate surface area is 103 Å². The molecule has 0 radical (unpaired) electrons. The van der Waals surface area contributed by atoms with E-state index in [9.17, 15) is 4.39 Å². The molecule has 0 aliphatic carbocycles. The molecule has 0 aliphatic heterocycles. The lowest BCUT2D eigenvalue weighted by molar-refractivity contribution is 0.452. The van der Waals surface area contributed by atoms with Crippen LogP contribution >= 0.6 is 0 Å². The number of rotatable bonds is 3. The van der Waals surface area contributed by atoms with Gasteiger partial charge in [-0.25, -0.2) is 14.4 Å². The van der Waals surface area contributed by atoms with Gasteiger partial charge in [0.05, 0.1) is 12.4 Å². The van der Waals surface area contributed by atoms with E-state index >= 15 is 0 Å². The number of nitrogens with two attached hydrogens (primary N) is 1. The van der Waals surface area contributed by atoms with Crippen molar-refractivity contribution in [3.05, 3.63) is 47.7 Å². The molecule has 6 heteroatoms. The molecule has 2 rings (SSSR count). The molecular formula is C12H11FN4O. The minimum absolute atomic E-state index is 0.170.